The van der Waals surface area contributed by atoms with E-state index in [1.54, 1.807) is 11.8 Å². The minimum absolute atomic E-state index is 0.657. The highest BCUT2D eigenvalue weighted by Gasteiger charge is 2.24. The number of halogens is 1. The van der Waals surface area contributed by atoms with Crippen LogP contribution in [0.2, 0.25) is 0 Å². The molecule has 4 aromatic rings. The number of fused-ring (bicyclic) bond motifs is 2. The van der Waals surface area contributed by atoms with Crippen molar-refractivity contribution in [3.63, 3.8) is 0 Å². The number of ether oxygens (including phenoxy) is 1. The molecule has 0 atom stereocenters. The van der Waals surface area contributed by atoms with Gasteiger partial charge in [-0.2, -0.15) is 4.98 Å². The molecule has 0 saturated carbocycles. The van der Waals surface area contributed by atoms with E-state index in [-0.39, 0.29) is 0 Å². The summed E-state index contributed by atoms with van der Waals surface area (Å²) < 4.78 is 7.25. The molecule has 0 N–H and O–H groups in total. The Labute approximate surface area is 182 Å². The molecule has 0 radical (unpaired) electrons. The van der Waals surface area contributed by atoms with Crippen molar-refractivity contribution < 1.29 is 4.74 Å². The lowest BCUT2D eigenvalue weighted by Crippen LogP contribution is -2.09. The SMILES string of the molecule is Brc1ccc2c(c1)Cc1c(nc(-c3ccccc3)nc1SCc1ccccc1)O2. The zero-order valence-corrected chi connectivity index (χ0v) is 17.9. The molecule has 0 spiro atoms. The lowest BCUT2D eigenvalue weighted by molar-refractivity contribution is 0.435. The van der Waals surface area contributed by atoms with Crippen LogP contribution >= 0.6 is 27.7 Å². The summed E-state index contributed by atoms with van der Waals surface area (Å²) in [5, 5.41) is 0.975. The van der Waals surface area contributed by atoms with Gasteiger partial charge in [-0.05, 0) is 23.8 Å². The summed E-state index contributed by atoms with van der Waals surface area (Å²) in [5.41, 5.74) is 4.45. The van der Waals surface area contributed by atoms with E-state index in [2.05, 4.69) is 46.3 Å². The molecule has 0 bridgehead atoms. The zero-order chi connectivity index (χ0) is 19.6. The normalized spacial score (nSPS) is 12.0. The van der Waals surface area contributed by atoms with Crippen molar-refractivity contribution in [2.45, 2.75) is 17.2 Å². The molecule has 2 heterocycles. The van der Waals surface area contributed by atoms with Crippen molar-refractivity contribution in [2.24, 2.45) is 0 Å². The molecule has 0 saturated heterocycles. The number of hydrogen-bond acceptors (Lipinski definition) is 4. The average Bonchev–Trinajstić information content (AvgIpc) is 2.77. The van der Waals surface area contributed by atoms with E-state index >= 15 is 0 Å². The van der Waals surface area contributed by atoms with E-state index in [0.29, 0.717) is 11.7 Å². The molecule has 3 nitrogen and oxygen atoms in total. The highest BCUT2D eigenvalue weighted by atomic mass is 79.9. The largest absolute Gasteiger partial charge is 0.438 e. The number of hydrogen-bond donors (Lipinski definition) is 0. The van der Waals surface area contributed by atoms with Crippen LogP contribution in [0.3, 0.4) is 0 Å². The fourth-order valence-corrected chi connectivity index (χ4v) is 4.71. The lowest BCUT2D eigenvalue weighted by atomic mass is 10.0. The number of benzene rings is 3. The molecule has 1 aliphatic rings. The van der Waals surface area contributed by atoms with Crippen LogP contribution in [0, 0.1) is 0 Å². The summed E-state index contributed by atoms with van der Waals surface area (Å²) in [7, 11) is 0. The fourth-order valence-electron chi connectivity index (χ4n) is 3.32. The van der Waals surface area contributed by atoms with E-state index in [1.165, 1.54) is 5.56 Å². The van der Waals surface area contributed by atoms with E-state index in [0.717, 1.165) is 44.1 Å². The van der Waals surface area contributed by atoms with Crippen LogP contribution in [0.25, 0.3) is 11.4 Å². The average molecular weight is 461 g/mol. The zero-order valence-electron chi connectivity index (χ0n) is 15.5. The van der Waals surface area contributed by atoms with E-state index in [1.807, 2.05) is 48.5 Å². The minimum Gasteiger partial charge on any atom is -0.438 e. The van der Waals surface area contributed by atoms with Crippen LogP contribution in [0.5, 0.6) is 11.6 Å². The topological polar surface area (TPSA) is 35.0 Å². The van der Waals surface area contributed by atoms with Gasteiger partial charge in [-0.1, -0.05) is 76.6 Å². The van der Waals surface area contributed by atoms with Gasteiger partial charge in [0.15, 0.2) is 5.82 Å². The van der Waals surface area contributed by atoms with Gasteiger partial charge in [0.1, 0.15) is 10.8 Å². The van der Waals surface area contributed by atoms with Crippen LogP contribution in [0.4, 0.5) is 0 Å². The van der Waals surface area contributed by atoms with Crippen molar-refractivity contribution in [2.75, 3.05) is 0 Å². The predicted molar refractivity (Wildman–Crippen MR) is 120 cm³/mol. The van der Waals surface area contributed by atoms with Crippen molar-refractivity contribution >= 4 is 27.7 Å². The number of nitrogens with zero attached hydrogens (tertiary/aromatic N) is 2. The van der Waals surface area contributed by atoms with Gasteiger partial charge in [0.05, 0.1) is 5.56 Å². The van der Waals surface area contributed by atoms with Crippen LogP contribution in [0.1, 0.15) is 16.7 Å². The summed E-state index contributed by atoms with van der Waals surface area (Å²) in [4.78, 5) is 9.69. The first-order chi connectivity index (χ1) is 14.3. The first-order valence-electron chi connectivity index (χ1n) is 9.35. The Balaban J connectivity index is 1.56. The van der Waals surface area contributed by atoms with E-state index in [4.69, 9.17) is 14.7 Å². The Morgan fingerprint density at radius 2 is 1.66 bits per heavy atom. The molecule has 0 fully saturated rings. The summed E-state index contributed by atoms with van der Waals surface area (Å²) in [6.07, 6.45) is 0.760. The highest BCUT2D eigenvalue weighted by Crippen LogP contribution is 2.41. The van der Waals surface area contributed by atoms with Crippen molar-refractivity contribution in [3.05, 3.63) is 100 Å². The maximum absolute atomic E-state index is 6.20. The second-order valence-electron chi connectivity index (χ2n) is 6.81. The monoisotopic (exact) mass is 460 g/mol. The molecule has 0 amide bonds. The maximum Gasteiger partial charge on any atom is 0.227 e. The molecule has 29 heavy (non-hydrogen) atoms. The summed E-state index contributed by atoms with van der Waals surface area (Å²) in [6, 6.07) is 26.6. The first kappa shape index (κ1) is 18.4. The minimum atomic E-state index is 0.657. The molecule has 3 aromatic carbocycles. The third-order valence-corrected chi connectivity index (χ3v) is 6.36. The Bertz CT molecular complexity index is 1170. The Hall–Kier alpha value is -2.63. The van der Waals surface area contributed by atoms with Crippen molar-refractivity contribution in [1.82, 2.24) is 9.97 Å². The number of thioether (sulfide) groups is 1. The Morgan fingerprint density at radius 3 is 2.45 bits per heavy atom. The van der Waals surface area contributed by atoms with Gasteiger partial charge in [-0.15, -0.1) is 11.8 Å². The predicted octanol–water partition coefficient (Wildman–Crippen LogP) is 6.89. The van der Waals surface area contributed by atoms with Crippen LogP contribution in [-0.4, -0.2) is 9.97 Å². The van der Waals surface area contributed by atoms with E-state index < -0.39 is 0 Å². The van der Waals surface area contributed by atoms with Crippen LogP contribution in [0.15, 0.2) is 88.4 Å². The summed E-state index contributed by atoms with van der Waals surface area (Å²) in [5.74, 6) is 3.06. The molecule has 142 valence electrons. The van der Waals surface area contributed by atoms with Gasteiger partial charge < -0.3 is 4.74 Å². The molecule has 5 rings (SSSR count). The Morgan fingerprint density at radius 1 is 0.897 bits per heavy atom. The molecule has 1 aliphatic heterocycles. The lowest BCUT2D eigenvalue weighted by Gasteiger charge is -2.22. The Kier molecular flexibility index (Phi) is 5.08. The second-order valence-corrected chi connectivity index (χ2v) is 8.69. The standard InChI is InChI=1S/C24H17BrN2OS/c25-19-11-12-21-18(13-19)14-20-23(28-21)26-22(17-9-5-2-6-10-17)27-24(20)29-15-16-7-3-1-4-8-16/h1-13H,14-15H2. The summed E-state index contributed by atoms with van der Waals surface area (Å²) in [6.45, 7) is 0. The van der Waals surface area contributed by atoms with Gasteiger partial charge >= 0.3 is 0 Å². The quantitative estimate of drug-likeness (QED) is 0.216. The van der Waals surface area contributed by atoms with Crippen molar-refractivity contribution in [1.29, 1.82) is 0 Å². The smallest absolute Gasteiger partial charge is 0.227 e. The molecule has 0 unspecified atom stereocenters. The molecule has 1 aromatic heterocycles. The number of rotatable bonds is 4. The fraction of sp³-hybridized carbons (Fsp3) is 0.0833. The molecule has 5 heteroatoms. The van der Waals surface area contributed by atoms with Crippen LogP contribution in [-0.2, 0) is 12.2 Å². The van der Waals surface area contributed by atoms with Crippen molar-refractivity contribution in [3.8, 4) is 23.0 Å². The maximum atomic E-state index is 6.20. The van der Waals surface area contributed by atoms with Crippen LogP contribution < -0.4 is 4.74 Å². The first-order valence-corrected chi connectivity index (χ1v) is 11.1. The van der Waals surface area contributed by atoms with Gasteiger partial charge in [-0.3, -0.25) is 0 Å². The third-order valence-electron chi connectivity index (χ3n) is 4.78. The third kappa shape index (κ3) is 3.93. The van der Waals surface area contributed by atoms with Gasteiger partial charge in [0, 0.05) is 27.8 Å². The number of aromatic nitrogens is 2. The van der Waals surface area contributed by atoms with Gasteiger partial charge in [0.2, 0.25) is 5.88 Å². The highest BCUT2D eigenvalue weighted by molar-refractivity contribution is 9.10. The second kappa shape index (κ2) is 8.01. The van der Waals surface area contributed by atoms with E-state index in [9.17, 15) is 0 Å². The molecular formula is C24H17BrN2OS. The molecular weight excluding hydrogens is 444 g/mol. The molecule has 0 aliphatic carbocycles. The van der Waals surface area contributed by atoms with Gasteiger partial charge in [-0.25, -0.2) is 4.98 Å². The van der Waals surface area contributed by atoms with Gasteiger partial charge in [0.25, 0.3) is 0 Å². The summed E-state index contributed by atoms with van der Waals surface area (Å²) >= 11 is 5.29.